The number of ketones is 1. The zero-order valence-electron chi connectivity index (χ0n) is 8.77. The number of rotatable bonds is 5. The van der Waals surface area contributed by atoms with E-state index in [-0.39, 0.29) is 0 Å². The molecule has 0 fully saturated rings. The number of hydrogen-bond acceptors (Lipinski definition) is 4. The number of carbonyl (C=O) groups excluding carboxylic acids is 1. The Morgan fingerprint density at radius 2 is 2.25 bits per heavy atom. The van der Waals surface area contributed by atoms with Crippen LogP contribution < -0.4 is 0 Å². The molecule has 0 spiro atoms. The molecule has 86 valence electrons. The lowest BCUT2D eigenvalue weighted by molar-refractivity contribution is -0.135. The van der Waals surface area contributed by atoms with Gasteiger partial charge in [0.1, 0.15) is 10.5 Å². The van der Waals surface area contributed by atoms with E-state index in [4.69, 9.17) is 9.52 Å². The maximum absolute atomic E-state index is 11.9. The molecule has 1 unspecified atom stereocenters. The molecule has 0 saturated heterocycles. The van der Waals surface area contributed by atoms with Crippen LogP contribution in [0.15, 0.2) is 35.0 Å². The van der Waals surface area contributed by atoms with Crippen molar-refractivity contribution in [3.63, 3.8) is 0 Å². The Bertz CT molecular complexity index is 421. The lowest BCUT2D eigenvalue weighted by atomic mass is 9.92. The topological polar surface area (TPSA) is 67.5 Å². The molecule has 16 heavy (non-hydrogen) atoms. The van der Waals surface area contributed by atoms with Gasteiger partial charge in [-0.15, -0.1) is 0 Å². The van der Waals surface area contributed by atoms with Gasteiger partial charge < -0.3 is 9.52 Å². The first kappa shape index (κ1) is 12.6. The molecule has 5 heteroatoms. The fourth-order valence-electron chi connectivity index (χ4n) is 1.31. The van der Waals surface area contributed by atoms with E-state index in [1.165, 1.54) is 6.26 Å². The summed E-state index contributed by atoms with van der Waals surface area (Å²) in [6.07, 6.45) is 1.72. The molecule has 0 amide bonds. The second kappa shape index (κ2) is 4.57. The molecule has 0 radical (unpaired) electrons. The van der Waals surface area contributed by atoms with Gasteiger partial charge in [0.15, 0.2) is 5.78 Å². The zero-order valence-corrected chi connectivity index (χ0v) is 9.66. The Morgan fingerprint density at radius 3 is 2.62 bits per heavy atom. The van der Waals surface area contributed by atoms with Gasteiger partial charge in [-0.25, -0.2) is 4.79 Å². The monoisotopic (exact) mass is 240 g/mol. The molecule has 0 aliphatic heterocycles. The summed E-state index contributed by atoms with van der Waals surface area (Å²) >= 11 is 4.24. The van der Waals surface area contributed by atoms with Crippen molar-refractivity contribution in [2.75, 3.05) is 0 Å². The number of Topliss-reactive ketones (excluding diaryl/α,β-unsaturated/α-hetero) is 1. The molecular formula is C11H12O4S. The van der Waals surface area contributed by atoms with E-state index in [0.717, 1.165) is 0 Å². The van der Waals surface area contributed by atoms with Crippen LogP contribution in [0.4, 0.5) is 0 Å². The quantitative estimate of drug-likeness (QED) is 0.357. The molecule has 1 rings (SSSR count). The molecule has 4 nitrogen and oxygen atoms in total. The van der Waals surface area contributed by atoms with Gasteiger partial charge in [-0.3, -0.25) is 4.79 Å². The number of carboxylic acid groups (broad SMARTS) is 1. The van der Waals surface area contributed by atoms with Gasteiger partial charge in [0.25, 0.3) is 0 Å². The third-order valence-electron chi connectivity index (χ3n) is 2.35. The molecular weight excluding hydrogens is 228 g/mol. The van der Waals surface area contributed by atoms with Gasteiger partial charge in [-0.05, 0) is 18.6 Å². The van der Waals surface area contributed by atoms with Crippen molar-refractivity contribution in [1.82, 2.24) is 0 Å². The first-order valence-corrected chi connectivity index (χ1v) is 5.11. The van der Waals surface area contributed by atoms with Crippen LogP contribution in [0.1, 0.15) is 19.1 Å². The number of thiol groups is 1. The van der Waals surface area contributed by atoms with Gasteiger partial charge in [-0.1, -0.05) is 13.5 Å². The van der Waals surface area contributed by atoms with Crippen LogP contribution in [-0.2, 0) is 14.3 Å². The smallest absolute Gasteiger partial charge is 0.338 e. The Balaban J connectivity index is 3.12. The van der Waals surface area contributed by atoms with E-state index in [1.54, 1.807) is 19.1 Å². The summed E-state index contributed by atoms with van der Waals surface area (Å²) in [5.74, 6) is -1.67. The van der Waals surface area contributed by atoms with Gasteiger partial charge in [-0.2, -0.15) is 12.6 Å². The summed E-state index contributed by atoms with van der Waals surface area (Å²) in [7, 11) is 0. The third-order valence-corrected chi connectivity index (χ3v) is 3.09. The molecule has 1 heterocycles. The van der Waals surface area contributed by atoms with Crippen LogP contribution in [0, 0.1) is 0 Å². The molecule has 1 aromatic heterocycles. The summed E-state index contributed by atoms with van der Waals surface area (Å²) in [5, 5.41) is 8.72. The molecule has 0 saturated carbocycles. The second-order valence-electron chi connectivity index (χ2n) is 3.30. The lowest BCUT2D eigenvalue weighted by Gasteiger charge is -2.22. The highest BCUT2D eigenvalue weighted by Crippen LogP contribution is 2.35. The summed E-state index contributed by atoms with van der Waals surface area (Å²) < 4.78 is 3.84. The predicted molar refractivity (Wildman–Crippen MR) is 61.4 cm³/mol. The fraction of sp³-hybridized carbons (Fsp3) is 0.273. The number of carboxylic acids is 1. The third kappa shape index (κ3) is 2.04. The molecule has 1 aromatic rings. The minimum absolute atomic E-state index is 0.314. The second-order valence-corrected chi connectivity index (χ2v) is 4.07. The predicted octanol–water partition coefficient (Wildman–Crippen LogP) is 2.02. The van der Waals surface area contributed by atoms with Crippen LogP contribution in [-0.4, -0.2) is 16.9 Å². The molecule has 0 bridgehead atoms. The summed E-state index contributed by atoms with van der Waals surface area (Å²) in [6, 6.07) is 3.20. The van der Waals surface area contributed by atoms with Gasteiger partial charge >= 0.3 is 5.97 Å². The van der Waals surface area contributed by atoms with Crippen molar-refractivity contribution < 1.29 is 19.1 Å². The van der Waals surface area contributed by atoms with Crippen LogP contribution in [0.3, 0.4) is 0 Å². The zero-order chi connectivity index (χ0) is 12.3. The molecule has 0 aliphatic rings. The highest BCUT2D eigenvalue weighted by Gasteiger charge is 2.40. The largest absolute Gasteiger partial charge is 0.478 e. The first-order valence-electron chi connectivity index (χ1n) is 4.66. The van der Waals surface area contributed by atoms with E-state index >= 15 is 0 Å². The normalized spacial score (nSPS) is 14.1. The molecule has 1 N–H and O–H groups in total. The van der Waals surface area contributed by atoms with Gasteiger partial charge in [0.2, 0.25) is 0 Å². The van der Waals surface area contributed by atoms with E-state index in [1.807, 2.05) is 0 Å². The number of hydrogen-bond donors (Lipinski definition) is 2. The average molecular weight is 240 g/mol. The van der Waals surface area contributed by atoms with Crippen LogP contribution in [0.2, 0.25) is 0 Å². The summed E-state index contributed by atoms with van der Waals surface area (Å²) in [6.45, 7) is 4.96. The average Bonchev–Trinajstić information content (AvgIpc) is 2.79. The van der Waals surface area contributed by atoms with Crippen molar-refractivity contribution in [2.24, 2.45) is 0 Å². The number of furan rings is 1. The molecule has 0 aliphatic carbocycles. The van der Waals surface area contributed by atoms with Crippen LogP contribution in [0.25, 0.3) is 0 Å². The highest BCUT2D eigenvalue weighted by atomic mass is 32.1. The van der Waals surface area contributed by atoms with E-state index < -0.39 is 22.1 Å². The minimum Gasteiger partial charge on any atom is -0.478 e. The SMILES string of the molecule is C=C(C(=O)O)C(=O)C(S)(CC)c1ccco1. The Morgan fingerprint density at radius 1 is 1.62 bits per heavy atom. The molecule has 0 aromatic carbocycles. The minimum atomic E-state index is -1.34. The Labute approximate surface area is 98.4 Å². The standard InChI is InChI=1S/C11H12O4S/c1-3-11(16,8-5-4-6-15-8)9(12)7(2)10(13)14/h4-6,16H,2-3H2,1H3,(H,13,14). The first-order chi connectivity index (χ1) is 7.43. The number of carbonyl (C=O) groups is 2. The maximum atomic E-state index is 11.9. The Hall–Kier alpha value is -1.49. The lowest BCUT2D eigenvalue weighted by Crippen LogP contribution is -2.32. The van der Waals surface area contributed by atoms with Crippen molar-refractivity contribution in [3.05, 3.63) is 36.3 Å². The van der Waals surface area contributed by atoms with Crippen molar-refractivity contribution in [1.29, 1.82) is 0 Å². The fourth-order valence-corrected chi connectivity index (χ4v) is 1.57. The van der Waals surface area contributed by atoms with Crippen LogP contribution in [0.5, 0.6) is 0 Å². The summed E-state index contributed by atoms with van der Waals surface area (Å²) in [4.78, 5) is 22.6. The van der Waals surface area contributed by atoms with Gasteiger partial charge in [0, 0.05) is 0 Å². The Kier molecular flexibility index (Phi) is 3.59. The van der Waals surface area contributed by atoms with Crippen LogP contribution >= 0.6 is 12.6 Å². The maximum Gasteiger partial charge on any atom is 0.338 e. The summed E-state index contributed by atoms with van der Waals surface area (Å²) in [5.41, 5.74) is -0.492. The van der Waals surface area contributed by atoms with E-state index in [2.05, 4.69) is 19.2 Å². The molecule has 1 atom stereocenters. The number of aliphatic carboxylic acids is 1. The van der Waals surface area contributed by atoms with Crippen molar-refractivity contribution in [2.45, 2.75) is 18.1 Å². The highest BCUT2D eigenvalue weighted by molar-refractivity contribution is 7.82. The van der Waals surface area contributed by atoms with E-state index in [9.17, 15) is 9.59 Å². The van der Waals surface area contributed by atoms with Gasteiger partial charge in [0.05, 0.1) is 11.8 Å². The van der Waals surface area contributed by atoms with Crippen molar-refractivity contribution >= 4 is 24.4 Å². The van der Waals surface area contributed by atoms with E-state index in [0.29, 0.717) is 12.2 Å². The van der Waals surface area contributed by atoms with Crippen molar-refractivity contribution in [3.8, 4) is 0 Å².